The van der Waals surface area contributed by atoms with E-state index in [4.69, 9.17) is 4.74 Å². The van der Waals surface area contributed by atoms with E-state index in [1.165, 1.54) is 6.08 Å². The quantitative estimate of drug-likeness (QED) is 0.642. The minimum atomic E-state index is -0.516. The van der Waals surface area contributed by atoms with Gasteiger partial charge in [0.2, 0.25) is 0 Å². The van der Waals surface area contributed by atoms with Crippen molar-refractivity contribution in [2.24, 2.45) is 0 Å². The van der Waals surface area contributed by atoms with Gasteiger partial charge in [0, 0.05) is 18.3 Å². The van der Waals surface area contributed by atoms with Crippen LogP contribution in [0.3, 0.4) is 0 Å². The summed E-state index contributed by atoms with van der Waals surface area (Å²) in [5.41, 5.74) is 4.10. The number of para-hydroxylation sites is 1. The molecular formula is C20H19NO3. The third kappa shape index (κ3) is 3.71. The van der Waals surface area contributed by atoms with Crippen LogP contribution in [0.5, 0.6) is 0 Å². The summed E-state index contributed by atoms with van der Waals surface area (Å²) in [6.07, 6.45) is 3.87. The van der Waals surface area contributed by atoms with Gasteiger partial charge in [0.15, 0.2) is 6.61 Å². The Kier molecular flexibility index (Phi) is 4.75. The minimum Gasteiger partial charge on any atom is -0.452 e. The van der Waals surface area contributed by atoms with Crippen LogP contribution in [0, 0.1) is 6.92 Å². The van der Waals surface area contributed by atoms with E-state index in [2.05, 4.69) is 0 Å². The number of ether oxygens (including phenoxy) is 1. The van der Waals surface area contributed by atoms with Crippen molar-refractivity contribution in [2.45, 2.75) is 13.3 Å². The number of fused-ring (bicyclic) bond motifs is 1. The number of rotatable bonds is 4. The van der Waals surface area contributed by atoms with Gasteiger partial charge in [-0.1, -0.05) is 48.0 Å². The average Bonchev–Trinajstić information content (AvgIpc) is 3.02. The maximum atomic E-state index is 12.3. The lowest BCUT2D eigenvalue weighted by Crippen LogP contribution is -2.33. The summed E-state index contributed by atoms with van der Waals surface area (Å²) in [7, 11) is 0. The first kappa shape index (κ1) is 16.0. The number of aryl methyl sites for hydroxylation is 1. The molecule has 1 aliphatic rings. The van der Waals surface area contributed by atoms with Gasteiger partial charge in [-0.15, -0.1) is 0 Å². The Labute approximate surface area is 141 Å². The topological polar surface area (TPSA) is 46.6 Å². The number of hydrogen-bond donors (Lipinski definition) is 0. The van der Waals surface area contributed by atoms with Gasteiger partial charge in [0.1, 0.15) is 0 Å². The predicted octanol–water partition coefficient (Wildman–Crippen LogP) is 3.14. The number of carbonyl (C=O) groups is 2. The second-order valence-electron chi connectivity index (χ2n) is 5.78. The number of carbonyl (C=O) groups excluding carboxylic acids is 2. The van der Waals surface area contributed by atoms with Crippen molar-refractivity contribution in [3.05, 3.63) is 71.3 Å². The molecule has 0 radical (unpaired) electrons. The molecule has 1 aliphatic heterocycles. The molecule has 24 heavy (non-hydrogen) atoms. The van der Waals surface area contributed by atoms with Gasteiger partial charge in [0.05, 0.1) is 0 Å². The Morgan fingerprint density at radius 2 is 2.00 bits per heavy atom. The molecule has 1 amide bonds. The van der Waals surface area contributed by atoms with Crippen LogP contribution >= 0.6 is 0 Å². The third-order valence-electron chi connectivity index (χ3n) is 3.98. The number of hydrogen-bond acceptors (Lipinski definition) is 3. The van der Waals surface area contributed by atoms with E-state index in [9.17, 15) is 9.59 Å². The van der Waals surface area contributed by atoms with Gasteiger partial charge >= 0.3 is 5.97 Å². The second-order valence-corrected chi connectivity index (χ2v) is 5.78. The van der Waals surface area contributed by atoms with Crippen molar-refractivity contribution < 1.29 is 14.3 Å². The minimum absolute atomic E-state index is 0.197. The standard InChI is InChI=1S/C20H19NO3/c1-15-5-4-6-16(13-15)9-10-20(23)24-14-19(22)21-12-11-17-7-2-3-8-18(17)21/h2-10,13H,11-12,14H2,1H3/b10-9+. The van der Waals surface area contributed by atoms with E-state index in [-0.39, 0.29) is 12.5 Å². The molecule has 122 valence electrons. The van der Waals surface area contributed by atoms with Crippen LogP contribution in [-0.2, 0) is 20.7 Å². The fourth-order valence-electron chi connectivity index (χ4n) is 2.79. The van der Waals surface area contributed by atoms with Crippen LogP contribution < -0.4 is 4.90 Å². The van der Waals surface area contributed by atoms with Crippen LogP contribution in [0.15, 0.2) is 54.6 Å². The van der Waals surface area contributed by atoms with Crippen molar-refractivity contribution in [1.29, 1.82) is 0 Å². The molecule has 0 N–H and O–H groups in total. The molecule has 0 aromatic heterocycles. The fraction of sp³-hybridized carbons (Fsp3) is 0.200. The highest BCUT2D eigenvalue weighted by Crippen LogP contribution is 2.27. The molecule has 4 heteroatoms. The Bertz CT molecular complexity index is 795. The summed E-state index contributed by atoms with van der Waals surface area (Å²) < 4.78 is 5.07. The van der Waals surface area contributed by atoms with Gasteiger partial charge in [-0.25, -0.2) is 4.79 Å². The van der Waals surface area contributed by atoms with E-state index < -0.39 is 5.97 Å². The van der Waals surface area contributed by atoms with Crippen molar-refractivity contribution in [3.8, 4) is 0 Å². The summed E-state index contributed by atoms with van der Waals surface area (Å²) >= 11 is 0. The smallest absolute Gasteiger partial charge is 0.331 e. The number of nitrogens with zero attached hydrogens (tertiary/aromatic N) is 1. The zero-order valence-electron chi connectivity index (χ0n) is 13.6. The lowest BCUT2D eigenvalue weighted by Gasteiger charge is -2.16. The van der Waals surface area contributed by atoms with E-state index in [1.54, 1.807) is 11.0 Å². The Balaban J connectivity index is 1.54. The molecule has 1 heterocycles. The van der Waals surface area contributed by atoms with Crippen molar-refractivity contribution in [3.63, 3.8) is 0 Å². The van der Waals surface area contributed by atoms with Crippen molar-refractivity contribution in [2.75, 3.05) is 18.1 Å². The highest BCUT2D eigenvalue weighted by molar-refractivity contribution is 5.98. The largest absolute Gasteiger partial charge is 0.452 e. The highest BCUT2D eigenvalue weighted by Gasteiger charge is 2.24. The summed E-state index contributed by atoms with van der Waals surface area (Å²) in [6, 6.07) is 15.6. The highest BCUT2D eigenvalue weighted by atomic mass is 16.5. The van der Waals surface area contributed by atoms with Gasteiger partial charge in [-0.05, 0) is 36.6 Å². The zero-order chi connectivity index (χ0) is 16.9. The number of anilines is 1. The Hall–Kier alpha value is -2.88. The molecule has 0 aliphatic carbocycles. The fourth-order valence-corrected chi connectivity index (χ4v) is 2.79. The molecule has 0 spiro atoms. The zero-order valence-corrected chi connectivity index (χ0v) is 13.6. The van der Waals surface area contributed by atoms with Crippen LogP contribution in [0.1, 0.15) is 16.7 Å². The summed E-state index contributed by atoms with van der Waals surface area (Å²) in [5, 5.41) is 0. The van der Waals surface area contributed by atoms with E-state index in [0.717, 1.165) is 28.8 Å². The van der Waals surface area contributed by atoms with Crippen LogP contribution in [-0.4, -0.2) is 25.0 Å². The first-order chi connectivity index (χ1) is 11.6. The average molecular weight is 321 g/mol. The Morgan fingerprint density at radius 3 is 2.83 bits per heavy atom. The number of benzene rings is 2. The van der Waals surface area contributed by atoms with E-state index in [1.807, 2.05) is 55.5 Å². The monoisotopic (exact) mass is 321 g/mol. The molecule has 0 saturated carbocycles. The van der Waals surface area contributed by atoms with Gasteiger partial charge in [-0.3, -0.25) is 4.79 Å². The first-order valence-electron chi connectivity index (χ1n) is 7.93. The summed E-state index contributed by atoms with van der Waals surface area (Å²) in [5.74, 6) is -0.713. The molecule has 0 saturated heterocycles. The number of esters is 1. The van der Waals surface area contributed by atoms with E-state index >= 15 is 0 Å². The lowest BCUT2D eigenvalue weighted by atomic mass is 10.1. The molecule has 3 rings (SSSR count). The van der Waals surface area contributed by atoms with Crippen LogP contribution in [0.4, 0.5) is 5.69 Å². The molecule has 4 nitrogen and oxygen atoms in total. The van der Waals surface area contributed by atoms with Crippen molar-refractivity contribution >= 4 is 23.6 Å². The third-order valence-corrected chi connectivity index (χ3v) is 3.98. The molecular weight excluding hydrogens is 302 g/mol. The molecule has 0 atom stereocenters. The maximum absolute atomic E-state index is 12.3. The SMILES string of the molecule is Cc1cccc(/C=C/C(=O)OCC(=O)N2CCc3ccccc32)c1. The Morgan fingerprint density at radius 1 is 1.17 bits per heavy atom. The normalized spacial score (nSPS) is 13.1. The van der Waals surface area contributed by atoms with Crippen LogP contribution in [0.2, 0.25) is 0 Å². The maximum Gasteiger partial charge on any atom is 0.331 e. The summed E-state index contributed by atoms with van der Waals surface area (Å²) in [6.45, 7) is 2.38. The molecule has 0 fully saturated rings. The van der Waals surface area contributed by atoms with E-state index in [0.29, 0.717) is 6.54 Å². The van der Waals surface area contributed by atoms with Gasteiger partial charge in [-0.2, -0.15) is 0 Å². The van der Waals surface area contributed by atoms with Crippen LogP contribution in [0.25, 0.3) is 6.08 Å². The predicted molar refractivity (Wildman–Crippen MR) is 93.7 cm³/mol. The molecule has 0 bridgehead atoms. The summed E-state index contributed by atoms with van der Waals surface area (Å²) in [4.78, 5) is 25.7. The number of amides is 1. The van der Waals surface area contributed by atoms with Gasteiger partial charge < -0.3 is 9.64 Å². The first-order valence-corrected chi connectivity index (χ1v) is 7.93. The molecule has 2 aromatic carbocycles. The van der Waals surface area contributed by atoms with Crippen molar-refractivity contribution in [1.82, 2.24) is 0 Å². The lowest BCUT2D eigenvalue weighted by molar-refractivity contribution is -0.142. The molecule has 0 unspecified atom stereocenters. The molecule has 2 aromatic rings. The van der Waals surface area contributed by atoms with Gasteiger partial charge in [0.25, 0.3) is 5.91 Å². The second kappa shape index (κ2) is 7.13.